The third-order valence-corrected chi connectivity index (χ3v) is 5.27. The van der Waals surface area contributed by atoms with Gasteiger partial charge in [0.15, 0.2) is 0 Å². The molecule has 1 unspecified atom stereocenters. The first-order valence-corrected chi connectivity index (χ1v) is 7.42. The summed E-state index contributed by atoms with van der Waals surface area (Å²) < 4.78 is 8.20. The minimum absolute atomic E-state index is 0.192. The zero-order chi connectivity index (χ0) is 10.3. The van der Waals surface area contributed by atoms with E-state index in [9.17, 15) is 0 Å². The maximum absolute atomic E-state index is 6.23. The Morgan fingerprint density at radius 2 is 2.13 bits per heavy atom. The lowest BCUT2D eigenvalue weighted by molar-refractivity contribution is 0.216. The van der Waals surface area contributed by atoms with Crippen LogP contribution in [0.4, 0.5) is 0 Å². The van der Waals surface area contributed by atoms with Crippen molar-refractivity contribution in [1.29, 1.82) is 0 Å². The van der Waals surface area contributed by atoms with Crippen molar-refractivity contribution in [1.82, 2.24) is 4.67 Å². The molecule has 3 rings (SSSR count). The van der Waals surface area contributed by atoms with E-state index in [1.807, 2.05) is 6.07 Å². The molecule has 3 atom stereocenters. The predicted octanol–water partition coefficient (Wildman–Crippen LogP) is 3.69. The molecule has 0 aliphatic carbocycles. The number of hydrogen-bond donors (Lipinski definition) is 0. The molecule has 0 saturated carbocycles. The van der Waals surface area contributed by atoms with Gasteiger partial charge in [0.05, 0.1) is 0 Å². The summed E-state index contributed by atoms with van der Waals surface area (Å²) in [4.78, 5) is 0. The van der Waals surface area contributed by atoms with Crippen LogP contribution in [0.2, 0.25) is 0 Å². The van der Waals surface area contributed by atoms with Crippen LogP contribution in [-0.2, 0) is 4.52 Å². The van der Waals surface area contributed by atoms with Crippen molar-refractivity contribution >= 4 is 18.9 Å². The molecule has 15 heavy (non-hydrogen) atoms. The van der Waals surface area contributed by atoms with Gasteiger partial charge in [0.2, 0.25) is 7.65 Å². The average Bonchev–Trinajstić information content (AvgIpc) is 2.84. The Kier molecular flexibility index (Phi) is 2.70. The van der Waals surface area contributed by atoms with Crippen LogP contribution in [0.3, 0.4) is 0 Å². The van der Waals surface area contributed by atoms with Gasteiger partial charge >= 0.3 is 0 Å². The first kappa shape index (κ1) is 10.0. The molecule has 1 aromatic carbocycles. The van der Waals surface area contributed by atoms with Gasteiger partial charge in [-0.2, -0.15) is 0 Å². The van der Waals surface area contributed by atoms with Crippen LogP contribution >= 0.6 is 18.9 Å². The highest BCUT2D eigenvalue weighted by molar-refractivity contribution is 7.78. The summed E-state index contributed by atoms with van der Waals surface area (Å²) in [5, 5.41) is 0. The van der Waals surface area contributed by atoms with Crippen LogP contribution in [0, 0.1) is 0 Å². The molecule has 2 fully saturated rings. The molecule has 2 heterocycles. The van der Waals surface area contributed by atoms with E-state index in [0.717, 1.165) is 6.54 Å². The van der Waals surface area contributed by atoms with E-state index in [1.54, 1.807) is 0 Å². The maximum atomic E-state index is 6.23. The molecule has 2 aliphatic rings. The molecular formula is C11H13ClNOP. The molecule has 2 aliphatic heterocycles. The smallest absolute Gasteiger partial charge is 0.207 e. The molecule has 4 heteroatoms. The largest absolute Gasteiger partial charge is 0.322 e. The number of fused-ring (bicyclic) bond motifs is 1. The van der Waals surface area contributed by atoms with Crippen molar-refractivity contribution in [3.8, 4) is 0 Å². The summed E-state index contributed by atoms with van der Waals surface area (Å²) in [7, 11) is -0.863. The van der Waals surface area contributed by atoms with Gasteiger partial charge < -0.3 is 4.52 Å². The Bertz CT molecular complexity index is 348. The topological polar surface area (TPSA) is 12.5 Å². The van der Waals surface area contributed by atoms with Gasteiger partial charge in [-0.3, -0.25) is 0 Å². The molecule has 0 amide bonds. The second-order valence-corrected chi connectivity index (χ2v) is 6.08. The standard InChI is InChI=1S/C11H13ClNOP/c12-15-13-8-4-7-10(13)11(14-15)9-5-2-1-3-6-9/h1-3,5-6,10-11H,4,7-8H2/t10-,11+,15?/m0/s1. The monoisotopic (exact) mass is 241 g/mol. The van der Waals surface area contributed by atoms with Crippen LogP contribution in [-0.4, -0.2) is 17.3 Å². The Balaban J connectivity index is 1.88. The fourth-order valence-corrected chi connectivity index (χ4v) is 4.59. The number of rotatable bonds is 1. The normalized spacial score (nSPS) is 35.7. The Morgan fingerprint density at radius 1 is 1.33 bits per heavy atom. The van der Waals surface area contributed by atoms with Gasteiger partial charge in [-0.15, -0.1) is 0 Å². The Labute approximate surface area is 95.9 Å². The van der Waals surface area contributed by atoms with E-state index in [1.165, 1.54) is 18.4 Å². The number of benzene rings is 1. The zero-order valence-electron chi connectivity index (χ0n) is 8.34. The van der Waals surface area contributed by atoms with Crippen LogP contribution in [0.5, 0.6) is 0 Å². The molecule has 2 saturated heterocycles. The summed E-state index contributed by atoms with van der Waals surface area (Å²) in [5.74, 6) is 0. The quantitative estimate of drug-likeness (QED) is 0.696. The van der Waals surface area contributed by atoms with Crippen molar-refractivity contribution in [2.75, 3.05) is 6.54 Å². The van der Waals surface area contributed by atoms with Crippen LogP contribution in [0.1, 0.15) is 24.5 Å². The average molecular weight is 242 g/mol. The van der Waals surface area contributed by atoms with E-state index in [4.69, 9.17) is 15.8 Å². The predicted molar refractivity (Wildman–Crippen MR) is 62.8 cm³/mol. The van der Waals surface area contributed by atoms with Gasteiger partial charge in [-0.1, -0.05) is 30.3 Å². The third kappa shape index (κ3) is 1.70. The molecule has 0 bridgehead atoms. The van der Waals surface area contributed by atoms with Gasteiger partial charge in [0, 0.05) is 12.6 Å². The molecule has 0 spiro atoms. The maximum Gasteiger partial charge on any atom is 0.207 e. The molecule has 80 valence electrons. The molecule has 0 aromatic heterocycles. The summed E-state index contributed by atoms with van der Waals surface area (Å²) in [6.07, 6.45) is 2.66. The van der Waals surface area contributed by atoms with E-state index < -0.39 is 7.65 Å². The fraction of sp³-hybridized carbons (Fsp3) is 0.455. The van der Waals surface area contributed by atoms with Crippen molar-refractivity contribution in [2.45, 2.75) is 25.0 Å². The second kappa shape index (κ2) is 4.03. The van der Waals surface area contributed by atoms with Gasteiger partial charge in [-0.25, -0.2) is 4.67 Å². The number of halogens is 1. The van der Waals surface area contributed by atoms with Crippen molar-refractivity contribution in [2.24, 2.45) is 0 Å². The number of nitrogens with zero attached hydrogens (tertiary/aromatic N) is 1. The molecule has 1 aromatic rings. The van der Waals surface area contributed by atoms with E-state index >= 15 is 0 Å². The minimum Gasteiger partial charge on any atom is -0.322 e. The summed E-state index contributed by atoms with van der Waals surface area (Å²) in [6.45, 7) is 1.10. The lowest BCUT2D eigenvalue weighted by atomic mass is 10.0. The molecule has 0 radical (unpaired) electrons. The van der Waals surface area contributed by atoms with E-state index in [2.05, 4.69) is 28.9 Å². The highest BCUT2D eigenvalue weighted by atomic mass is 35.7. The van der Waals surface area contributed by atoms with E-state index in [-0.39, 0.29) is 6.10 Å². The summed E-state index contributed by atoms with van der Waals surface area (Å²) in [5.41, 5.74) is 1.26. The highest BCUT2D eigenvalue weighted by Gasteiger charge is 2.45. The minimum atomic E-state index is -0.863. The number of hydrogen-bond acceptors (Lipinski definition) is 2. The van der Waals surface area contributed by atoms with Crippen molar-refractivity contribution in [3.05, 3.63) is 35.9 Å². The SMILES string of the molecule is ClP1O[C@H](c2ccccc2)[C@@H]2CCCN21. The molecule has 0 N–H and O–H groups in total. The first-order valence-electron chi connectivity index (χ1n) is 5.30. The first-order chi connectivity index (χ1) is 7.36. The van der Waals surface area contributed by atoms with Gasteiger partial charge in [0.25, 0.3) is 0 Å². The Morgan fingerprint density at radius 3 is 2.93 bits per heavy atom. The van der Waals surface area contributed by atoms with Crippen molar-refractivity contribution < 1.29 is 4.52 Å². The van der Waals surface area contributed by atoms with Crippen molar-refractivity contribution in [3.63, 3.8) is 0 Å². The fourth-order valence-electron chi connectivity index (χ4n) is 2.43. The van der Waals surface area contributed by atoms with Crippen LogP contribution < -0.4 is 0 Å². The third-order valence-electron chi connectivity index (χ3n) is 3.15. The van der Waals surface area contributed by atoms with Crippen LogP contribution in [0.25, 0.3) is 0 Å². The Hall–Kier alpha value is -0.140. The van der Waals surface area contributed by atoms with Crippen LogP contribution in [0.15, 0.2) is 30.3 Å². The zero-order valence-corrected chi connectivity index (χ0v) is 9.99. The summed E-state index contributed by atoms with van der Waals surface area (Å²) in [6, 6.07) is 10.9. The lowest BCUT2D eigenvalue weighted by Gasteiger charge is -2.17. The molecule has 2 nitrogen and oxygen atoms in total. The molecular weight excluding hydrogens is 229 g/mol. The summed E-state index contributed by atoms with van der Waals surface area (Å²) >= 11 is 6.23. The second-order valence-electron chi connectivity index (χ2n) is 4.04. The van der Waals surface area contributed by atoms with Gasteiger partial charge in [-0.05, 0) is 29.6 Å². The van der Waals surface area contributed by atoms with E-state index in [0.29, 0.717) is 6.04 Å². The highest BCUT2D eigenvalue weighted by Crippen LogP contribution is 2.62. The lowest BCUT2D eigenvalue weighted by Crippen LogP contribution is -2.21. The van der Waals surface area contributed by atoms with Gasteiger partial charge in [0.1, 0.15) is 6.10 Å².